The average molecular weight is 427 g/mol. The minimum Gasteiger partial charge on any atom is -0.504 e. The van der Waals surface area contributed by atoms with Crippen LogP contribution in [0.2, 0.25) is 0 Å². The van der Waals surface area contributed by atoms with Crippen molar-refractivity contribution in [2.75, 3.05) is 18.2 Å². The number of phenolic OH excluding ortho intramolecular Hbond substituents is 1. The van der Waals surface area contributed by atoms with Gasteiger partial charge in [0.05, 0.1) is 17.6 Å². The molecule has 0 radical (unpaired) electrons. The van der Waals surface area contributed by atoms with Crippen LogP contribution in [-0.2, 0) is 0 Å². The van der Waals surface area contributed by atoms with Crippen LogP contribution in [0.5, 0.6) is 17.4 Å². The van der Waals surface area contributed by atoms with Crippen molar-refractivity contribution in [2.45, 2.75) is 18.3 Å². The van der Waals surface area contributed by atoms with Crippen molar-refractivity contribution in [3.8, 4) is 28.6 Å². The Bertz CT molecular complexity index is 1130. The van der Waals surface area contributed by atoms with Crippen LogP contribution in [0.15, 0.2) is 41.6 Å². The summed E-state index contributed by atoms with van der Waals surface area (Å²) in [4.78, 5) is 15.6. The highest BCUT2D eigenvalue weighted by atomic mass is 32.2. The number of hydrogen-bond donors (Lipinski definition) is 2. The number of phenols is 1. The second-order valence-corrected chi connectivity index (χ2v) is 7.41. The lowest BCUT2D eigenvalue weighted by Gasteiger charge is -2.20. The summed E-state index contributed by atoms with van der Waals surface area (Å²) in [6.45, 7) is 1.96. The van der Waals surface area contributed by atoms with E-state index < -0.39 is 16.8 Å². The number of nitro groups is 1. The lowest BCUT2D eigenvalue weighted by molar-refractivity contribution is -0.387. The first-order valence-corrected chi connectivity index (χ1v) is 9.96. The summed E-state index contributed by atoms with van der Waals surface area (Å²) in [6, 6.07) is 10.0. The Hall–Kier alpha value is -3.60. The Morgan fingerprint density at radius 1 is 1.30 bits per heavy atom. The molecule has 0 spiro atoms. The molecule has 1 aliphatic rings. The van der Waals surface area contributed by atoms with Gasteiger partial charge in [0, 0.05) is 11.3 Å². The van der Waals surface area contributed by atoms with E-state index in [9.17, 15) is 15.2 Å². The lowest BCUT2D eigenvalue weighted by Crippen LogP contribution is -2.19. The number of methoxy groups -OCH3 is 1. The molecule has 4 rings (SSSR count). The van der Waals surface area contributed by atoms with Crippen LogP contribution in [0.3, 0.4) is 0 Å². The van der Waals surface area contributed by atoms with Gasteiger partial charge >= 0.3 is 5.69 Å². The number of nitrogens with one attached hydrogen (secondary N) is 1. The number of thioether (sulfide) groups is 1. The number of nitrogens with zero attached hydrogens (tertiary/aromatic N) is 4. The van der Waals surface area contributed by atoms with E-state index in [0.29, 0.717) is 22.1 Å². The van der Waals surface area contributed by atoms with Crippen LogP contribution < -0.4 is 14.8 Å². The zero-order valence-electron chi connectivity index (χ0n) is 16.0. The lowest BCUT2D eigenvalue weighted by atomic mass is 10.1. The van der Waals surface area contributed by atoms with E-state index in [1.807, 2.05) is 25.1 Å². The van der Waals surface area contributed by atoms with Crippen LogP contribution in [0.25, 0.3) is 11.3 Å². The number of fused-ring (bicyclic) bond motifs is 3. The first-order valence-electron chi connectivity index (χ1n) is 8.97. The molecule has 2 aromatic carbocycles. The Kier molecular flexibility index (Phi) is 5.27. The number of hydrogen-bond acceptors (Lipinski definition) is 10. The van der Waals surface area contributed by atoms with Crippen molar-refractivity contribution in [2.24, 2.45) is 0 Å². The number of rotatable bonds is 5. The molecule has 1 atom stereocenters. The van der Waals surface area contributed by atoms with E-state index in [4.69, 9.17) is 9.47 Å². The highest BCUT2D eigenvalue weighted by molar-refractivity contribution is 7.99. The zero-order valence-corrected chi connectivity index (χ0v) is 16.8. The largest absolute Gasteiger partial charge is 0.504 e. The summed E-state index contributed by atoms with van der Waals surface area (Å²) in [7, 11) is 1.25. The number of aromatic hydroxyl groups is 1. The number of para-hydroxylation sites is 1. The predicted octanol–water partition coefficient (Wildman–Crippen LogP) is 3.78. The Morgan fingerprint density at radius 3 is 2.83 bits per heavy atom. The van der Waals surface area contributed by atoms with Gasteiger partial charge in [-0.1, -0.05) is 36.9 Å². The standard InChI is InChI=1S/C19H17N5O5S/c1-3-30-19-21-18-14(22-23-19)10-6-4-5-7-12(10)20-17(29-18)11-8-9-13(25)16(28-2)15(11)24(26)27/h4-9,17,20,25H,3H2,1-2H3. The van der Waals surface area contributed by atoms with Gasteiger partial charge in [0.15, 0.2) is 11.4 Å². The quantitative estimate of drug-likeness (QED) is 0.352. The number of benzene rings is 2. The van der Waals surface area contributed by atoms with Gasteiger partial charge in [-0.2, -0.15) is 4.98 Å². The van der Waals surface area contributed by atoms with Crippen molar-refractivity contribution in [3.05, 3.63) is 52.1 Å². The van der Waals surface area contributed by atoms with Gasteiger partial charge in [0.1, 0.15) is 0 Å². The SMILES string of the molecule is CCSc1nnc2c(n1)OC(c1ccc(O)c(OC)c1[N+](=O)[O-])Nc1ccccc1-2. The van der Waals surface area contributed by atoms with Gasteiger partial charge in [0.25, 0.3) is 0 Å². The van der Waals surface area contributed by atoms with Crippen LogP contribution >= 0.6 is 11.8 Å². The molecule has 1 aromatic heterocycles. The van der Waals surface area contributed by atoms with Gasteiger partial charge in [-0.05, 0) is 24.0 Å². The van der Waals surface area contributed by atoms with E-state index in [2.05, 4.69) is 20.5 Å². The van der Waals surface area contributed by atoms with Crippen molar-refractivity contribution >= 4 is 23.1 Å². The monoisotopic (exact) mass is 427 g/mol. The Labute approximate surface area is 175 Å². The molecule has 2 N–H and O–H groups in total. The third-order valence-electron chi connectivity index (χ3n) is 4.42. The zero-order chi connectivity index (χ0) is 21.3. The van der Waals surface area contributed by atoms with Gasteiger partial charge in [-0.15, -0.1) is 10.2 Å². The fraction of sp³-hybridized carbons (Fsp3) is 0.211. The van der Waals surface area contributed by atoms with Crippen molar-refractivity contribution < 1.29 is 19.5 Å². The topological polar surface area (TPSA) is 133 Å². The molecule has 0 saturated heterocycles. The molecule has 2 heterocycles. The summed E-state index contributed by atoms with van der Waals surface area (Å²) in [5.74, 6) is 0.362. The maximum atomic E-state index is 11.8. The van der Waals surface area contributed by atoms with Crippen LogP contribution in [0.1, 0.15) is 18.7 Å². The molecule has 0 saturated carbocycles. The number of nitro benzene ring substituents is 1. The normalized spacial score (nSPS) is 14.5. The Balaban J connectivity index is 1.90. The van der Waals surface area contributed by atoms with E-state index in [1.54, 1.807) is 6.07 Å². The second-order valence-electron chi connectivity index (χ2n) is 6.18. The highest BCUT2D eigenvalue weighted by Crippen LogP contribution is 2.45. The van der Waals surface area contributed by atoms with Gasteiger partial charge in [-0.3, -0.25) is 10.1 Å². The molecule has 1 unspecified atom stereocenters. The van der Waals surface area contributed by atoms with E-state index in [-0.39, 0.29) is 22.9 Å². The fourth-order valence-corrected chi connectivity index (χ4v) is 3.66. The highest BCUT2D eigenvalue weighted by Gasteiger charge is 2.34. The molecule has 0 fully saturated rings. The molecular formula is C19H17N5O5S. The molecule has 154 valence electrons. The predicted molar refractivity (Wildman–Crippen MR) is 110 cm³/mol. The summed E-state index contributed by atoms with van der Waals surface area (Å²) >= 11 is 1.40. The molecule has 0 amide bonds. The second kappa shape index (κ2) is 8.03. The third-order valence-corrected chi connectivity index (χ3v) is 5.14. The number of aromatic nitrogens is 3. The molecular weight excluding hydrogens is 410 g/mol. The first-order chi connectivity index (χ1) is 14.5. The summed E-state index contributed by atoms with van der Waals surface area (Å²) < 4.78 is 11.1. The molecule has 0 aliphatic carbocycles. The van der Waals surface area contributed by atoms with Crippen molar-refractivity contribution in [1.29, 1.82) is 0 Å². The minimum atomic E-state index is -0.988. The maximum Gasteiger partial charge on any atom is 0.323 e. The molecule has 11 heteroatoms. The van der Waals surface area contributed by atoms with Crippen molar-refractivity contribution in [1.82, 2.24) is 15.2 Å². The van der Waals surface area contributed by atoms with Crippen molar-refractivity contribution in [3.63, 3.8) is 0 Å². The summed E-state index contributed by atoms with van der Waals surface area (Å²) in [5.41, 5.74) is 1.54. The third kappa shape index (κ3) is 3.43. The minimum absolute atomic E-state index is 0.167. The molecule has 1 aliphatic heterocycles. The number of ether oxygens (including phenoxy) is 2. The van der Waals surface area contributed by atoms with E-state index >= 15 is 0 Å². The van der Waals surface area contributed by atoms with Crippen LogP contribution in [0.4, 0.5) is 11.4 Å². The summed E-state index contributed by atoms with van der Waals surface area (Å²) in [6.07, 6.45) is -0.988. The van der Waals surface area contributed by atoms with E-state index in [1.165, 1.54) is 31.0 Å². The number of anilines is 1. The smallest absolute Gasteiger partial charge is 0.323 e. The molecule has 3 aromatic rings. The van der Waals surface area contributed by atoms with Gasteiger partial charge in [-0.25, -0.2) is 0 Å². The molecule has 30 heavy (non-hydrogen) atoms. The fourth-order valence-electron chi connectivity index (χ4n) is 3.16. The average Bonchev–Trinajstić information content (AvgIpc) is 2.90. The van der Waals surface area contributed by atoms with Crippen LogP contribution in [0, 0.1) is 10.1 Å². The molecule has 0 bridgehead atoms. The van der Waals surface area contributed by atoms with E-state index in [0.717, 1.165) is 5.75 Å². The maximum absolute atomic E-state index is 11.8. The van der Waals surface area contributed by atoms with Crippen LogP contribution in [-0.4, -0.2) is 38.1 Å². The Morgan fingerprint density at radius 2 is 2.10 bits per heavy atom. The summed E-state index contributed by atoms with van der Waals surface area (Å²) in [5, 5.41) is 33.8. The molecule has 10 nitrogen and oxygen atoms in total. The van der Waals surface area contributed by atoms with Gasteiger partial charge < -0.3 is 19.9 Å². The van der Waals surface area contributed by atoms with Gasteiger partial charge in [0.2, 0.25) is 23.0 Å². The first kappa shape index (κ1) is 19.7.